The van der Waals surface area contributed by atoms with E-state index >= 15 is 0 Å². The average molecular weight is 356 g/mol. The van der Waals surface area contributed by atoms with Crippen LogP contribution in [0, 0.1) is 17.3 Å². The van der Waals surface area contributed by atoms with Gasteiger partial charge in [-0.3, -0.25) is 4.79 Å². The maximum Gasteiger partial charge on any atom is 0.451 e. The molecule has 2 atom stereocenters. The fraction of sp³-hybridized carbons (Fsp3) is 0.944. The van der Waals surface area contributed by atoms with Crippen molar-refractivity contribution in [2.24, 2.45) is 23.0 Å². The van der Waals surface area contributed by atoms with Crippen LogP contribution in [0.3, 0.4) is 0 Å². The molecule has 0 bridgehead atoms. The van der Waals surface area contributed by atoms with Crippen molar-refractivity contribution in [3.05, 3.63) is 0 Å². The van der Waals surface area contributed by atoms with Crippen molar-refractivity contribution >= 4 is 13.1 Å². The minimum Gasteiger partial charge on any atom is -0.481 e. The standard InChI is InChI=1S/C18H37BN2O4/c1-18(2)8-11-21(12-9-18)14-16(13-20)4-3-15(5-6-17(22)23)7-10-19(24)25/h15-16,24-25H,3-14,20H2,1-2H3,(H,22,23)/t15-,16?/m1/s1. The summed E-state index contributed by atoms with van der Waals surface area (Å²) in [6.45, 7) is 8.57. The topological polar surface area (TPSA) is 107 Å². The number of carbonyl (C=O) groups is 1. The van der Waals surface area contributed by atoms with Gasteiger partial charge in [-0.25, -0.2) is 0 Å². The Morgan fingerprint density at radius 2 is 1.72 bits per heavy atom. The van der Waals surface area contributed by atoms with Crippen LogP contribution in [0.25, 0.3) is 0 Å². The second kappa shape index (κ2) is 11.2. The van der Waals surface area contributed by atoms with E-state index in [-0.39, 0.29) is 12.3 Å². The molecule has 5 N–H and O–H groups in total. The van der Waals surface area contributed by atoms with Crippen molar-refractivity contribution in [2.75, 3.05) is 26.2 Å². The molecule has 0 aliphatic carbocycles. The van der Waals surface area contributed by atoms with Crippen molar-refractivity contribution < 1.29 is 19.9 Å². The SMILES string of the molecule is CC1(C)CCN(CC(CN)CC[C@@H](CCB(O)O)CCC(=O)O)CC1. The van der Waals surface area contributed by atoms with Crippen molar-refractivity contribution in [1.82, 2.24) is 4.90 Å². The van der Waals surface area contributed by atoms with Gasteiger partial charge in [-0.15, -0.1) is 0 Å². The van der Waals surface area contributed by atoms with Gasteiger partial charge in [-0.1, -0.05) is 26.7 Å². The molecule has 1 rings (SSSR count). The highest BCUT2D eigenvalue weighted by atomic mass is 16.4. The molecule has 1 saturated heterocycles. The van der Waals surface area contributed by atoms with Gasteiger partial charge in [-0.2, -0.15) is 0 Å². The molecular weight excluding hydrogens is 319 g/mol. The number of rotatable bonds is 12. The molecule has 0 amide bonds. The van der Waals surface area contributed by atoms with Crippen LogP contribution in [0.2, 0.25) is 6.32 Å². The molecule has 25 heavy (non-hydrogen) atoms. The molecule has 7 heteroatoms. The lowest BCUT2D eigenvalue weighted by Gasteiger charge is -2.38. The van der Waals surface area contributed by atoms with Gasteiger partial charge in [0.1, 0.15) is 0 Å². The Morgan fingerprint density at radius 1 is 1.12 bits per heavy atom. The van der Waals surface area contributed by atoms with Crippen molar-refractivity contribution in [3.8, 4) is 0 Å². The zero-order chi connectivity index (χ0) is 18.9. The molecule has 6 nitrogen and oxygen atoms in total. The Morgan fingerprint density at radius 3 is 2.24 bits per heavy atom. The number of hydrogen-bond donors (Lipinski definition) is 4. The molecule has 1 fully saturated rings. The molecule has 0 aromatic heterocycles. The first-order valence-corrected chi connectivity index (χ1v) is 9.72. The van der Waals surface area contributed by atoms with E-state index in [1.165, 1.54) is 12.8 Å². The first kappa shape index (κ1) is 22.4. The summed E-state index contributed by atoms with van der Waals surface area (Å²) in [6.07, 6.45) is 6.01. The van der Waals surface area contributed by atoms with Crippen LogP contribution in [-0.2, 0) is 4.79 Å². The number of nitrogens with two attached hydrogens (primary N) is 1. The van der Waals surface area contributed by atoms with Crippen LogP contribution in [-0.4, -0.2) is 59.3 Å². The third-order valence-corrected chi connectivity index (χ3v) is 5.64. The number of aliphatic carboxylic acids is 1. The zero-order valence-electron chi connectivity index (χ0n) is 16.0. The van der Waals surface area contributed by atoms with Crippen molar-refractivity contribution in [3.63, 3.8) is 0 Å². The number of carboxylic acid groups (broad SMARTS) is 1. The van der Waals surface area contributed by atoms with Gasteiger partial charge in [0.05, 0.1) is 0 Å². The van der Waals surface area contributed by atoms with E-state index in [9.17, 15) is 4.79 Å². The van der Waals surface area contributed by atoms with Crippen LogP contribution in [0.1, 0.15) is 58.8 Å². The summed E-state index contributed by atoms with van der Waals surface area (Å²) in [5.41, 5.74) is 6.42. The normalized spacial score (nSPS) is 20.2. The number of piperidine rings is 1. The summed E-state index contributed by atoms with van der Waals surface area (Å²) < 4.78 is 0. The second-order valence-corrected chi connectivity index (χ2v) is 8.50. The number of likely N-dealkylation sites (tertiary alicyclic amines) is 1. The molecule has 146 valence electrons. The highest BCUT2D eigenvalue weighted by molar-refractivity contribution is 6.40. The number of carboxylic acids is 1. The van der Waals surface area contributed by atoms with Crippen molar-refractivity contribution in [1.29, 1.82) is 0 Å². The van der Waals surface area contributed by atoms with Gasteiger partial charge < -0.3 is 25.8 Å². The van der Waals surface area contributed by atoms with E-state index in [4.69, 9.17) is 20.9 Å². The third kappa shape index (κ3) is 10.2. The van der Waals surface area contributed by atoms with E-state index in [0.717, 1.165) is 32.5 Å². The van der Waals surface area contributed by atoms with Gasteiger partial charge >= 0.3 is 13.1 Å². The Hall–Kier alpha value is -0.625. The molecular formula is C18H37BN2O4. The molecule has 1 aliphatic rings. The highest BCUT2D eigenvalue weighted by Gasteiger charge is 2.26. The van der Waals surface area contributed by atoms with Crippen LogP contribution in [0.15, 0.2) is 0 Å². The minimum absolute atomic E-state index is 0.140. The molecule has 0 saturated carbocycles. The average Bonchev–Trinajstić information content (AvgIpc) is 2.54. The van der Waals surface area contributed by atoms with E-state index in [1.54, 1.807) is 0 Å². The monoisotopic (exact) mass is 356 g/mol. The van der Waals surface area contributed by atoms with Crippen LogP contribution in [0.5, 0.6) is 0 Å². The summed E-state index contributed by atoms with van der Waals surface area (Å²) >= 11 is 0. The highest BCUT2D eigenvalue weighted by Crippen LogP contribution is 2.30. The quantitative estimate of drug-likeness (QED) is 0.397. The smallest absolute Gasteiger partial charge is 0.451 e. The Kier molecular flexibility index (Phi) is 10.0. The van der Waals surface area contributed by atoms with E-state index in [0.29, 0.717) is 37.0 Å². The molecule has 0 aromatic rings. The lowest BCUT2D eigenvalue weighted by Crippen LogP contribution is -2.41. The number of hydrogen-bond acceptors (Lipinski definition) is 5. The fourth-order valence-corrected chi connectivity index (χ4v) is 3.61. The summed E-state index contributed by atoms with van der Waals surface area (Å²) in [4.78, 5) is 13.3. The molecule has 1 aliphatic heterocycles. The van der Waals surface area contributed by atoms with Gasteiger partial charge in [0.15, 0.2) is 0 Å². The van der Waals surface area contributed by atoms with Gasteiger partial charge in [-0.05, 0) is 68.9 Å². The first-order valence-electron chi connectivity index (χ1n) is 9.72. The van der Waals surface area contributed by atoms with Crippen LogP contribution in [0.4, 0.5) is 0 Å². The molecule has 1 unspecified atom stereocenters. The summed E-state index contributed by atoms with van der Waals surface area (Å²) in [5.74, 6) is -0.152. The van der Waals surface area contributed by atoms with Gasteiger partial charge in [0.2, 0.25) is 0 Å². The second-order valence-electron chi connectivity index (χ2n) is 8.50. The summed E-state index contributed by atoms with van der Waals surface area (Å²) in [7, 11) is -1.31. The maximum absolute atomic E-state index is 10.8. The fourth-order valence-electron chi connectivity index (χ4n) is 3.61. The summed E-state index contributed by atoms with van der Waals surface area (Å²) in [5, 5.41) is 27.0. The van der Waals surface area contributed by atoms with E-state index in [1.807, 2.05) is 0 Å². The zero-order valence-corrected chi connectivity index (χ0v) is 16.0. The molecule has 0 aromatic carbocycles. The largest absolute Gasteiger partial charge is 0.481 e. The predicted molar refractivity (Wildman–Crippen MR) is 101 cm³/mol. The minimum atomic E-state index is -1.31. The maximum atomic E-state index is 10.8. The number of nitrogens with zero attached hydrogens (tertiary/aromatic N) is 1. The molecule has 0 radical (unpaired) electrons. The van der Waals surface area contributed by atoms with Gasteiger partial charge in [0.25, 0.3) is 0 Å². The Bertz CT molecular complexity index is 383. The lowest BCUT2D eigenvalue weighted by atomic mass is 9.78. The molecule has 1 heterocycles. The van der Waals surface area contributed by atoms with E-state index < -0.39 is 13.1 Å². The predicted octanol–water partition coefficient (Wildman–Crippen LogP) is 1.81. The Balaban J connectivity index is 2.40. The van der Waals surface area contributed by atoms with Crippen LogP contribution < -0.4 is 5.73 Å². The Labute approximate surface area is 152 Å². The first-order chi connectivity index (χ1) is 11.7. The molecule has 0 spiro atoms. The van der Waals surface area contributed by atoms with Crippen molar-refractivity contribution in [2.45, 2.75) is 65.1 Å². The lowest BCUT2D eigenvalue weighted by molar-refractivity contribution is -0.137. The summed E-state index contributed by atoms with van der Waals surface area (Å²) in [6, 6.07) is 0. The van der Waals surface area contributed by atoms with E-state index in [2.05, 4.69) is 18.7 Å². The van der Waals surface area contributed by atoms with Crippen LogP contribution >= 0.6 is 0 Å². The van der Waals surface area contributed by atoms with Gasteiger partial charge in [0, 0.05) is 13.0 Å². The third-order valence-electron chi connectivity index (χ3n) is 5.64.